The molecule has 0 spiro atoms. The minimum Gasteiger partial charge on any atom is -0.439 e. The Morgan fingerprint density at radius 1 is 1.16 bits per heavy atom. The van der Waals surface area contributed by atoms with E-state index in [2.05, 4.69) is 9.97 Å². The van der Waals surface area contributed by atoms with Crippen LogP contribution in [0.25, 0.3) is 11.6 Å². The van der Waals surface area contributed by atoms with Crippen LogP contribution in [-0.4, -0.2) is 27.3 Å². The minimum atomic E-state index is -0.547. The number of rotatable bonds is 2. The summed E-state index contributed by atoms with van der Waals surface area (Å²) in [5, 5.41) is 0. The lowest BCUT2D eigenvalue weighted by atomic mass is 10.1. The van der Waals surface area contributed by atoms with Crippen molar-refractivity contribution in [2.75, 3.05) is 6.54 Å². The number of hydrogen-bond donors (Lipinski definition) is 0. The second kappa shape index (κ2) is 6.08. The van der Waals surface area contributed by atoms with Crippen molar-refractivity contribution in [3.63, 3.8) is 0 Å². The fourth-order valence-corrected chi connectivity index (χ4v) is 2.79. The predicted molar refractivity (Wildman–Crippen MR) is 84.5 cm³/mol. The van der Waals surface area contributed by atoms with Crippen LogP contribution in [0.3, 0.4) is 0 Å². The molecule has 0 aliphatic carbocycles. The fourth-order valence-electron chi connectivity index (χ4n) is 2.79. The number of aromatic nitrogens is 2. The Hall–Kier alpha value is -3.09. The van der Waals surface area contributed by atoms with Crippen molar-refractivity contribution in [3.8, 4) is 11.6 Å². The molecule has 7 heteroatoms. The van der Waals surface area contributed by atoms with Gasteiger partial charge in [-0.05, 0) is 24.3 Å². The first kappa shape index (κ1) is 15.4. The van der Waals surface area contributed by atoms with Gasteiger partial charge in [-0.15, -0.1) is 0 Å². The molecule has 1 amide bonds. The first-order valence-electron chi connectivity index (χ1n) is 7.76. The Morgan fingerprint density at radius 3 is 2.76 bits per heavy atom. The molecule has 0 atom stereocenters. The molecule has 0 saturated carbocycles. The van der Waals surface area contributed by atoms with Crippen LogP contribution < -0.4 is 0 Å². The zero-order valence-electron chi connectivity index (χ0n) is 13.1. The summed E-state index contributed by atoms with van der Waals surface area (Å²) in [5.41, 5.74) is 1.06. The number of oxazole rings is 1. The van der Waals surface area contributed by atoms with E-state index in [1.54, 1.807) is 12.1 Å². The lowest BCUT2D eigenvalue weighted by Gasteiger charge is -2.25. The zero-order chi connectivity index (χ0) is 17.4. The molecule has 126 valence electrons. The highest BCUT2D eigenvalue weighted by atomic mass is 19.1. The van der Waals surface area contributed by atoms with Crippen LogP contribution in [0.15, 0.2) is 47.0 Å². The van der Waals surface area contributed by atoms with Gasteiger partial charge < -0.3 is 9.32 Å². The molecule has 0 unspecified atom stereocenters. The third kappa shape index (κ3) is 2.88. The second-order valence-corrected chi connectivity index (χ2v) is 5.71. The molecular weight excluding hydrogens is 328 g/mol. The lowest BCUT2D eigenvalue weighted by molar-refractivity contribution is 0.0723. The minimum absolute atomic E-state index is 0.0369. The van der Waals surface area contributed by atoms with Gasteiger partial charge in [0.1, 0.15) is 28.8 Å². The summed E-state index contributed by atoms with van der Waals surface area (Å²) in [5.74, 6) is -0.423. The molecule has 0 saturated heterocycles. The van der Waals surface area contributed by atoms with Crippen LogP contribution in [0.4, 0.5) is 8.78 Å². The topological polar surface area (TPSA) is 59.2 Å². The molecule has 1 aliphatic heterocycles. The number of pyridine rings is 1. The van der Waals surface area contributed by atoms with Gasteiger partial charge in [0.15, 0.2) is 0 Å². The summed E-state index contributed by atoms with van der Waals surface area (Å²) < 4.78 is 32.5. The highest BCUT2D eigenvalue weighted by Crippen LogP contribution is 2.26. The van der Waals surface area contributed by atoms with Crippen molar-refractivity contribution in [1.29, 1.82) is 0 Å². The fraction of sp³-hybridized carbons (Fsp3) is 0.167. The molecule has 4 rings (SSSR count). The predicted octanol–water partition coefficient (Wildman–Crippen LogP) is 3.21. The van der Waals surface area contributed by atoms with Gasteiger partial charge in [0.2, 0.25) is 5.89 Å². The summed E-state index contributed by atoms with van der Waals surface area (Å²) in [4.78, 5) is 22.4. The number of carbonyl (C=O) groups is 1. The van der Waals surface area contributed by atoms with E-state index in [1.165, 1.54) is 29.2 Å². The lowest BCUT2D eigenvalue weighted by Crippen LogP contribution is -2.36. The maximum atomic E-state index is 13.8. The van der Waals surface area contributed by atoms with Crippen molar-refractivity contribution in [2.24, 2.45) is 0 Å². The normalized spacial score (nSPS) is 13.6. The zero-order valence-corrected chi connectivity index (χ0v) is 13.1. The van der Waals surface area contributed by atoms with Gasteiger partial charge in [-0.1, -0.05) is 12.1 Å². The number of amides is 1. The summed E-state index contributed by atoms with van der Waals surface area (Å²) in [6.07, 6.45) is 1.57. The quantitative estimate of drug-likeness (QED) is 0.718. The average Bonchev–Trinajstić information content (AvgIpc) is 3.05. The number of hydrogen-bond acceptors (Lipinski definition) is 4. The largest absolute Gasteiger partial charge is 0.439 e. The molecule has 1 aromatic carbocycles. The Kier molecular flexibility index (Phi) is 3.76. The van der Waals surface area contributed by atoms with E-state index >= 15 is 0 Å². The van der Waals surface area contributed by atoms with E-state index in [-0.39, 0.29) is 23.9 Å². The van der Waals surface area contributed by atoms with Crippen LogP contribution in [0, 0.1) is 11.6 Å². The molecule has 1 aliphatic rings. The third-order valence-corrected chi connectivity index (χ3v) is 4.07. The monoisotopic (exact) mass is 341 g/mol. The standard InChI is InChI=1S/C18H13F2N3O2/c19-11-5-6-14(21-9-11)17-22-15-10-23(8-7-16(15)25-17)18(24)12-3-1-2-4-13(12)20/h1-6,9H,7-8,10H2. The summed E-state index contributed by atoms with van der Waals surface area (Å²) in [7, 11) is 0. The van der Waals surface area contributed by atoms with Crippen LogP contribution >= 0.6 is 0 Å². The maximum Gasteiger partial charge on any atom is 0.257 e. The highest BCUT2D eigenvalue weighted by Gasteiger charge is 2.27. The molecule has 0 bridgehead atoms. The molecule has 0 N–H and O–H groups in total. The van der Waals surface area contributed by atoms with E-state index in [4.69, 9.17) is 4.42 Å². The maximum absolute atomic E-state index is 13.8. The molecule has 0 fully saturated rings. The molecule has 5 nitrogen and oxygen atoms in total. The van der Waals surface area contributed by atoms with Gasteiger partial charge in [0, 0.05) is 13.0 Å². The van der Waals surface area contributed by atoms with Crippen LogP contribution in [0.5, 0.6) is 0 Å². The summed E-state index contributed by atoms with van der Waals surface area (Å²) >= 11 is 0. The summed E-state index contributed by atoms with van der Waals surface area (Å²) in [6.45, 7) is 0.638. The van der Waals surface area contributed by atoms with E-state index in [1.807, 2.05) is 0 Å². The van der Waals surface area contributed by atoms with Crippen molar-refractivity contribution in [2.45, 2.75) is 13.0 Å². The Bertz CT molecular complexity index is 938. The van der Waals surface area contributed by atoms with E-state index in [9.17, 15) is 13.6 Å². The number of halogens is 2. The first-order chi connectivity index (χ1) is 12.1. The smallest absolute Gasteiger partial charge is 0.257 e. The van der Waals surface area contributed by atoms with Crippen LogP contribution in [0.1, 0.15) is 21.8 Å². The Balaban J connectivity index is 1.58. The van der Waals surface area contributed by atoms with Gasteiger partial charge in [-0.25, -0.2) is 18.7 Å². The Morgan fingerprint density at radius 2 is 2.00 bits per heavy atom. The van der Waals surface area contributed by atoms with Crippen molar-refractivity contribution < 1.29 is 18.0 Å². The van der Waals surface area contributed by atoms with Crippen LogP contribution in [0.2, 0.25) is 0 Å². The number of benzene rings is 1. The van der Waals surface area contributed by atoms with Crippen molar-refractivity contribution >= 4 is 5.91 Å². The second-order valence-electron chi connectivity index (χ2n) is 5.71. The van der Waals surface area contributed by atoms with Crippen LogP contribution in [-0.2, 0) is 13.0 Å². The van der Waals surface area contributed by atoms with E-state index < -0.39 is 11.6 Å². The molecular formula is C18H13F2N3O2. The number of nitrogens with zero attached hydrogens (tertiary/aromatic N) is 3. The molecule has 3 heterocycles. The average molecular weight is 341 g/mol. The van der Waals surface area contributed by atoms with Crippen molar-refractivity contribution in [1.82, 2.24) is 14.9 Å². The summed E-state index contributed by atoms with van der Waals surface area (Å²) in [6, 6.07) is 8.65. The van der Waals surface area contributed by atoms with Gasteiger partial charge in [0.25, 0.3) is 5.91 Å². The van der Waals surface area contributed by atoms with Gasteiger partial charge in [-0.2, -0.15) is 0 Å². The number of fused-ring (bicyclic) bond motifs is 1. The Labute approximate surface area is 141 Å². The SMILES string of the molecule is O=C(c1ccccc1F)N1CCc2oc(-c3ccc(F)cn3)nc2C1. The van der Waals surface area contributed by atoms with E-state index in [0.29, 0.717) is 30.1 Å². The first-order valence-corrected chi connectivity index (χ1v) is 7.76. The van der Waals surface area contributed by atoms with Gasteiger partial charge in [0.05, 0.1) is 18.3 Å². The number of carbonyl (C=O) groups excluding carboxylic acids is 1. The van der Waals surface area contributed by atoms with E-state index in [0.717, 1.165) is 6.20 Å². The molecule has 2 aromatic heterocycles. The van der Waals surface area contributed by atoms with Gasteiger partial charge >= 0.3 is 0 Å². The van der Waals surface area contributed by atoms with Gasteiger partial charge in [-0.3, -0.25) is 4.79 Å². The molecule has 25 heavy (non-hydrogen) atoms. The van der Waals surface area contributed by atoms with Crippen molar-refractivity contribution in [3.05, 3.63) is 71.2 Å². The highest BCUT2D eigenvalue weighted by molar-refractivity contribution is 5.94. The third-order valence-electron chi connectivity index (χ3n) is 4.07. The molecule has 3 aromatic rings. The molecule has 0 radical (unpaired) electrons.